The fraction of sp³-hybridized carbons (Fsp3) is 0.348. The second-order valence-electron chi connectivity index (χ2n) is 7.65. The molecule has 0 saturated carbocycles. The molecule has 8 heteroatoms. The molecule has 0 radical (unpaired) electrons. The molecule has 1 fully saturated rings. The first kappa shape index (κ1) is 21.3. The first-order valence-electron chi connectivity index (χ1n) is 10.4. The Hall–Kier alpha value is -2.93. The summed E-state index contributed by atoms with van der Waals surface area (Å²) in [5.74, 6) is 0.920. The molecule has 4 rings (SSSR count). The second kappa shape index (κ2) is 9.47. The van der Waals surface area contributed by atoms with Gasteiger partial charge in [0, 0.05) is 23.9 Å². The van der Waals surface area contributed by atoms with Gasteiger partial charge in [0.15, 0.2) is 5.82 Å². The number of piperidine rings is 1. The van der Waals surface area contributed by atoms with Gasteiger partial charge in [-0.25, -0.2) is 14.4 Å². The lowest BCUT2D eigenvalue weighted by molar-refractivity contribution is -0.126. The van der Waals surface area contributed by atoms with Crippen LogP contribution < -0.4 is 15.4 Å². The summed E-state index contributed by atoms with van der Waals surface area (Å²) in [6, 6.07) is 8.61. The predicted octanol–water partition coefficient (Wildman–Crippen LogP) is 5.02. The Morgan fingerprint density at radius 2 is 2.19 bits per heavy atom. The van der Waals surface area contributed by atoms with E-state index in [0.29, 0.717) is 11.3 Å². The zero-order valence-corrected chi connectivity index (χ0v) is 18.0. The molecular weight excluding hydrogens is 419 g/mol. The topological polar surface area (TPSA) is 76.1 Å². The van der Waals surface area contributed by atoms with Gasteiger partial charge >= 0.3 is 0 Å². The fourth-order valence-electron chi connectivity index (χ4n) is 3.99. The molecule has 1 aliphatic rings. The number of aromatic nitrogens is 2. The molecule has 1 aliphatic heterocycles. The van der Waals surface area contributed by atoms with Gasteiger partial charge in [-0.15, -0.1) is 0 Å². The number of methoxy groups -OCH3 is 1. The van der Waals surface area contributed by atoms with Crippen molar-refractivity contribution in [3.8, 4) is 5.75 Å². The van der Waals surface area contributed by atoms with Gasteiger partial charge in [0.2, 0.25) is 5.91 Å². The third kappa shape index (κ3) is 4.71. The number of nitrogens with one attached hydrogen (secondary N) is 2. The van der Waals surface area contributed by atoms with Gasteiger partial charge in [0.05, 0.1) is 23.3 Å². The molecule has 1 aromatic heterocycles. The average Bonchev–Trinajstić information content (AvgIpc) is 2.78. The van der Waals surface area contributed by atoms with Crippen molar-refractivity contribution < 1.29 is 13.9 Å². The van der Waals surface area contributed by atoms with Crippen LogP contribution in [-0.2, 0) is 11.2 Å². The third-order valence-electron chi connectivity index (χ3n) is 5.64. The summed E-state index contributed by atoms with van der Waals surface area (Å²) >= 11 is 5.90. The summed E-state index contributed by atoms with van der Waals surface area (Å²) in [6.07, 6.45) is 5.84. The van der Waals surface area contributed by atoms with Gasteiger partial charge in [0.1, 0.15) is 17.9 Å². The number of carbonyl (C=O) groups excluding carboxylic acids is 1. The maximum absolute atomic E-state index is 14.4. The van der Waals surface area contributed by atoms with Crippen LogP contribution in [0.1, 0.15) is 31.2 Å². The van der Waals surface area contributed by atoms with Crippen molar-refractivity contribution in [2.45, 2.75) is 32.1 Å². The van der Waals surface area contributed by atoms with Gasteiger partial charge in [0.25, 0.3) is 0 Å². The normalized spacial score (nSPS) is 16.2. The summed E-state index contributed by atoms with van der Waals surface area (Å²) in [4.78, 5) is 20.6. The van der Waals surface area contributed by atoms with Crippen molar-refractivity contribution >= 4 is 39.9 Å². The molecule has 0 aliphatic carbocycles. The fourth-order valence-corrected chi connectivity index (χ4v) is 4.17. The number of carbonyl (C=O) groups is 1. The van der Waals surface area contributed by atoms with Gasteiger partial charge in [-0.1, -0.05) is 17.7 Å². The van der Waals surface area contributed by atoms with Crippen molar-refractivity contribution in [2.75, 3.05) is 19.0 Å². The van der Waals surface area contributed by atoms with E-state index in [9.17, 15) is 9.18 Å². The molecule has 162 valence electrons. The smallest absolute Gasteiger partial charge is 0.223 e. The summed E-state index contributed by atoms with van der Waals surface area (Å²) in [6.45, 7) is 0.775. The first-order valence-corrected chi connectivity index (χ1v) is 10.7. The van der Waals surface area contributed by atoms with E-state index >= 15 is 0 Å². The minimum absolute atomic E-state index is 0.0393. The third-order valence-corrected chi connectivity index (χ3v) is 5.93. The number of amides is 1. The quantitative estimate of drug-likeness (QED) is 0.537. The molecule has 0 bridgehead atoms. The van der Waals surface area contributed by atoms with Crippen LogP contribution >= 0.6 is 11.6 Å². The minimum Gasteiger partial charge on any atom is -0.496 e. The number of halogens is 2. The predicted molar refractivity (Wildman–Crippen MR) is 119 cm³/mol. The Balaban J connectivity index is 1.59. The lowest BCUT2D eigenvalue weighted by atomic mass is 9.92. The lowest BCUT2D eigenvalue weighted by Gasteiger charge is -2.21. The molecule has 2 aromatic carbocycles. The number of rotatable bonds is 7. The number of anilines is 2. The zero-order chi connectivity index (χ0) is 21.8. The highest BCUT2D eigenvalue weighted by atomic mass is 35.5. The molecular formula is C23H24ClFN4O2. The SMILES string of the molecule is COc1cc2ncnc(Nc3cccc(Cl)c3F)c2cc1CCCC1CCCNC1=O. The Morgan fingerprint density at radius 1 is 1.32 bits per heavy atom. The van der Waals surface area contributed by atoms with Crippen LogP contribution in [0.25, 0.3) is 10.9 Å². The van der Waals surface area contributed by atoms with E-state index in [1.54, 1.807) is 19.2 Å². The Morgan fingerprint density at radius 3 is 3.00 bits per heavy atom. The number of nitrogens with zero attached hydrogens (tertiary/aromatic N) is 2. The molecule has 6 nitrogen and oxygen atoms in total. The highest BCUT2D eigenvalue weighted by Crippen LogP contribution is 2.32. The molecule has 0 spiro atoms. The molecule has 2 heterocycles. The van der Waals surface area contributed by atoms with Gasteiger partial charge < -0.3 is 15.4 Å². The summed E-state index contributed by atoms with van der Waals surface area (Å²) in [7, 11) is 1.63. The Bertz CT molecular complexity index is 1110. The van der Waals surface area contributed by atoms with Crippen LogP contribution in [0.4, 0.5) is 15.9 Å². The van der Waals surface area contributed by atoms with Crippen LogP contribution in [-0.4, -0.2) is 29.5 Å². The average molecular weight is 443 g/mol. The van der Waals surface area contributed by atoms with E-state index < -0.39 is 5.82 Å². The van der Waals surface area contributed by atoms with Crippen molar-refractivity contribution in [1.29, 1.82) is 0 Å². The number of benzene rings is 2. The Kier molecular flexibility index (Phi) is 6.51. The highest BCUT2D eigenvalue weighted by Gasteiger charge is 2.21. The lowest BCUT2D eigenvalue weighted by Crippen LogP contribution is -2.36. The van der Waals surface area contributed by atoms with E-state index in [2.05, 4.69) is 20.6 Å². The first-order chi connectivity index (χ1) is 15.1. The number of ether oxygens (including phenoxy) is 1. The maximum Gasteiger partial charge on any atom is 0.223 e. The van der Waals surface area contributed by atoms with Crippen LogP contribution in [0, 0.1) is 11.7 Å². The second-order valence-corrected chi connectivity index (χ2v) is 8.06. The van der Waals surface area contributed by atoms with Crippen LogP contribution in [0.3, 0.4) is 0 Å². The summed E-state index contributed by atoms with van der Waals surface area (Å²) < 4.78 is 19.9. The summed E-state index contributed by atoms with van der Waals surface area (Å²) in [5, 5.41) is 6.76. The molecule has 31 heavy (non-hydrogen) atoms. The summed E-state index contributed by atoms with van der Waals surface area (Å²) in [5.41, 5.74) is 1.93. The highest BCUT2D eigenvalue weighted by molar-refractivity contribution is 6.31. The van der Waals surface area contributed by atoms with Crippen molar-refractivity contribution in [3.05, 3.63) is 53.1 Å². The van der Waals surface area contributed by atoms with Crippen LogP contribution in [0.5, 0.6) is 5.75 Å². The minimum atomic E-state index is -0.532. The van der Waals surface area contributed by atoms with Crippen molar-refractivity contribution in [1.82, 2.24) is 15.3 Å². The molecule has 1 amide bonds. The van der Waals surface area contributed by atoms with E-state index in [4.69, 9.17) is 16.3 Å². The molecule has 1 atom stereocenters. The zero-order valence-electron chi connectivity index (χ0n) is 17.3. The molecule has 1 unspecified atom stereocenters. The van der Waals surface area contributed by atoms with E-state index in [1.165, 1.54) is 12.4 Å². The van der Waals surface area contributed by atoms with E-state index in [1.807, 2.05) is 12.1 Å². The number of hydrogen-bond donors (Lipinski definition) is 2. The number of aryl methyl sites for hydroxylation is 1. The van der Waals surface area contributed by atoms with Crippen molar-refractivity contribution in [3.63, 3.8) is 0 Å². The van der Waals surface area contributed by atoms with Crippen LogP contribution in [0.15, 0.2) is 36.7 Å². The van der Waals surface area contributed by atoms with Crippen LogP contribution in [0.2, 0.25) is 5.02 Å². The number of hydrogen-bond acceptors (Lipinski definition) is 5. The monoisotopic (exact) mass is 442 g/mol. The van der Waals surface area contributed by atoms with E-state index in [-0.39, 0.29) is 22.5 Å². The molecule has 1 saturated heterocycles. The maximum atomic E-state index is 14.4. The Labute approximate surface area is 185 Å². The van der Waals surface area contributed by atoms with Gasteiger partial charge in [-0.2, -0.15) is 0 Å². The van der Waals surface area contributed by atoms with Crippen molar-refractivity contribution in [2.24, 2.45) is 5.92 Å². The molecule has 2 N–H and O–H groups in total. The van der Waals surface area contributed by atoms with E-state index in [0.717, 1.165) is 55.3 Å². The number of fused-ring (bicyclic) bond motifs is 1. The van der Waals surface area contributed by atoms with Gasteiger partial charge in [-0.05, 0) is 55.9 Å². The standard InChI is InChI=1S/C23H24ClFN4O2/c1-31-20-12-19-16(11-15(20)6-2-5-14-7-4-10-26-23(14)30)22(28-13-27-19)29-18-9-3-8-17(24)21(18)25/h3,8-9,11-14H,2,4-7,10H2,1H3,(H,26,30)(H,27,28,29). The molecule has 3 aromatic rings. The largest absolute Gasteiger partial charge is 0.496 e. The van der Waals surface area contributed by atoms with Gasteiger partial charge in [-0.3, -0.25) is 4.79 Å².